The van der Waals surface area contributed by atoms with Gasteiger partial charge < -0.3 is 9.73 Å². The van der Waals surface area contributed by atoms with E-state index < -0.39 is 11.6 Å². The summed E-state index contributed by atoms with van der Waals surface area (Å²) in [6.07, 6.45) is 1.64. The van der Waals surface area contributed by atoms with E-state index >= 15 is 0 Å². The number of carbonyl (C=O) groups is 2. The number of aromatic nitrogens is 1. The van der Waals surface area contributed by atoms with Gasteiger partial charge in [0, 0.05) is 5.41 Å². The van der Waals surface area contributed by atoms with Gasteiger partial charge in [-0.1, -0.05) is 20.8 Å². The van der Waals surface area contributed by atoms with Crippen molar-refractivity contribution in [3.8, 4) is 0 Å². The third-order valence-electron chi connectivity index (χ3n) is 3.96. The first-order valence-electron chi connectivity index (χ1n) is 7.34. The van der Waals surface area contributed by atoms with Gasteiger partial charge in [0.2, 0.25) is 5.89 Å². The van der Waals surface area contributed by atoms with E-state index in [0.29, 0.717) is 5.89 Å². The number of rotatable bonds is 3. The molecule has 0 unspecified atom stereocenters. The standard InChI is InChI=1S/C16H19N3O3S/c1-15(2,3)11-7-17-12(22-11)8-19-13(20)16(4,18-14(19)21)10-5-6-23-9-10/h5-7,9H,8H2,1-4H3,(H,18,21)/t16-/m0/s1. The Morgan fingerprint density at radius 2 is 2.13 bits per heavy atom. The van der Waals surface area contributed by atoms with Gasteiger partial charge in [-0.3, -0.25) is 9.69 Å². The van der Waals surface area contributed by atoms with Crippen molar-refractivity contribution in [3.63, 3.8) is 0 Å². The first-order chi connectivity index (χ1) is 10.7. The molecule has 1 fully saturated rings. The normalized spacial score (nSPS) is 21.8. The third-order valence-corrected chi connectivity index (χ3v) is 4.64. The van der Waals surface area contributed by atoms with Crippen LogP contribution in [0.25, 0.3) is 0 Å². The van der Waals surface area contributed by atoms with Gasteiger partial charge >= 0.3 is 6.03 Å². The Balaban J connectivity index is 1.83. The Morgan fingerprint density at radius 3 is 2.70 bits per heavy atom. The molecule has 0 radical (unpaired) electrons. The molecule has 7 heteroatoms. The Morgan fingerprint density at radius 1 is 1.39 bits per heavy atom. The summed E-state index contributed by atoms with van der Waals surface area (Å²) in [6, 6.07) is 1.41. The lowest BCUT2D eigenvalue weighted by molar-refractivity contribution is -0.131. The highest BCUT2D eigenvalue weighted by Crippen LogP contribution is 2.31. The van der Waals surface area contributed by atoms with Gasteiger partial charge in [0.25, 0.3) is 5.91 Å². The average Bonchev–Trinajstić information content (AvgIpc) is 3.16. The van der Waals surface area contributed by atoms with Crippen molar-refractivity contribution in [2.45, 2.75) is 45.2 Å². The van der Waals surface area contributed by atoms with E-state index in [1.165, 1.54) is 11.3 Å². The molecule has 0 spiro atoms. The Bertz CT molecular complexity index is 745. The van der Waals surface area contributed by atoms with E-state index in [2.05, 4.69) is 10.3 Å². The highest BCUT2D eigenvalue weighted by molar-refractivity contribution is 7.08. The molecule has 0 aromatic carbocycles. The van der Waals surface area contributed by atoms with Crippen LogP contribution in [0.4, 0.5) is 4.79 Å². The van der Waals surface area contributed by atoms with Gasteiger partial charge in [-0.05, 0) is 29.3 Å². The van der Waals surface area contributed by atoms with Gasteiger partial charge in [-0.25, -0.2) is 9.78 Å². The second-order valence-electron chi connectivity index (χ2n) is 6.83. The number of thiophene rings is 1. The van der Waals surface area contributed by atoms with Gasteiger partial charge in [0.05, 0.1) is 6.20 Å². The zero-order chi connectivity index (χ0) is 16.8. The first kappa shape index (κ1) is 15.7. The second kappa shape index (κ2) is 5.19. The zero-order valence-electron chi connectivity index (χ0n) is 13.5. The lowest BCUT2D eigenvalue weighted by atomic mass is 9.94. The van der Waals surface area contributed by atoms with E-state index in [9.17, 15) is 9.59 Å². The third kappa shape index (κ3) is 2.65. The lowest BCUT2D eigenvalue weighted by Gasteiger charge is -2.20. The molecular weight excluding hydrogens is 314 g/mol. The lowest BCUT2D eigenvalue weighted by Crippen LogP contribution is -2.40. The molecule has 3 heterocycles. The molecule has 2 aromatic rings. The number of carbonyl (C=O) groups excluding carboxylic acids is 2. The Hall–Kier alpha value is -2.15. The summed E-state index contributed by atoms with van der Waals surface area (Å²) in [5.41, 5.74) is -0.421. The minimum atomic E-state index is -1.03. The largest absolute Gasteiger partial charge is 0.443 e. The van der Waals surface area contributed by atoms with Crippen LogP contribution >= 0.6 is 11.3 Å². The first-order valence-corrected chi connectivity index (χ1v) is 8.28. The molecule has 0 aliphatic carbocycles. The summed E-state index contributed by atoms with van der Waals surface area (Å²) in [6.45, 7) is 7.78. The van der Waals surface area contributed by atoms with E-state index in [-0.39, 0.29) is 17.9 Å². The van der Waals surface area contributed by atoms with Gasteiger partial charge in [-0.2, -0.15) is 11.3 Å². The molecule has 122 valence electrons. The maximum absolute atomic E-state index is 12.7. The summed E-state index contributed by atoms with van der Waals surface area (Å²) in [5, 5.41) is 6.51. The van der Waals surface area contributed by atoms with E-state index in [1.54, 1.807) is 13.1 Å². The van der Waals surface area contributed by atoms with Crippen molar-refractivity contribution in [2.75, 3.05) is 0 Å². The molecular formula is C16H19N3O3S. The van der Waals surface area contributed by atoms with Crippen molar-refractivity contribution in [1.29, 1.82) is 0 Å². The molecule has 3 rings (SSSR count). The van der Waals surface area contributed by atoms with Crippen molar-refractivity contribution in [1.82, 2.24) is 15.2 Å². The van der Waals surface area contributed by atoms with Crippen LogP contribution in [-0.4, -0.2) is 21.8 Å². The van der Waals surface area contributed by atoms with Crippen LogP contribution in [0.5, 0.6) is 0 Å². The van der Waals surface area contributed by atoms with E-state index in [4.69, 9.17) is 4.42 Å². The number of imide groups is 1. The monoisotopic (exact) mass is 333 g/mol. The number of urea groups is 1. The van der Waals surface area contributed by atoms with Crippen molar-refractivity contribution in [3.05, 3.63) is 40.2 Å². The topological polar surface area (TPSA) is 75.4 Å². The molecule has 1 atom stereocenters. The highest BCUT2D eigenvalue weighted by atomic mass is 32.1. The summed E-state index contributed by atoms with van der Waals surface area (Å²) >= 11 is 1.49. The fraction of sp³-hybridized carbons (Fsp3) is 0.438. The van der Waals surface area contributed by atoms with Gasteiger partial charge in [0.15, 0.2) is 0 Å². The van der Waals surface area contributed by atoms with Gasteiger partial charge in [0.1, 0.15) is 17.8 Å². The van der Waals surface area contributed by atoms with Crippen LogP contribution in [0, 0.1) is 0 Å². The van der Waals surface area contributed by atoms with Crippen LogP contribution in [0.2, 0.25) is 0 Å². The quantitative estimate of drug-likeness (QED) is 0.876. The molecule has 1 aliphatic rings. The summed E-state index contributed by atoms with van der Waals surface area (Å²) in [5.74, 6) is 0.782. The summed E-state index contributed by atoms with van der Waals surface area (Å²) < 4.78 is 5.68. The number of hydrogen-bond donors (Lipinski definition) is 1. The maximum atomic E-state index is 12.7. The molecule has 3 amide bonds. The smallest absolute Gasteiger partial charge is 0.325 e. The second-order valence-corrected chi connectivity index (χ2v) is 7.61. The van der Waals surface area contributed by atoms with Crippen LogP contribution in [0.3, 0.4) is 0 Å². The van der Waals surface area contributed by atoms with Crippen LogP contribution in [0.1, 0.15) is 44.9 Å². The molecule has 1 N–H and O–H groups in total. The number of oxazole rings is 1. The molecule has 6 nitrogen and oxygen atoms in total. The van der Waals surface area contributed by atoms with Crippen LogP contribution in [0.15, 0.2) is 27.4 Å². The Kier molecular flexibility index (Phi) is 3.55. The van der Waals surface area contributed by atoms with Crippen molar-refractivity contribution < 1.29 is 14.0 Å². The van der Waals surface area contributed by atoms with Gasteiger partial charge in [-0.15, -0.1) is 0 Å². The highest BCUT2D eigenvalue weighted by Gasteiger charge is 2.49. The van der Waals surface area contributed by atoms with Crippen molar-refractivity contribution in [2.24, 2.45) is 0 Å². The minimum absolute atomic E-state index is 0.0282. The maximum Gasteiger partial charge on any atom is 0.325 e. The van der Waals surface area contributed by atoms with E-state index in [1.807, 2.05) is 37.6 Å². The number of nitrogens with zero attached hydrogens (tertiary/aromatic N) is 2. The summed E-state index contributed by atoms with van der Waals surface area (Å²) in [4.78, 5) is 30.3. The molecule has 0 bridgehead atoms. The zero-order valence-corrected chi connectivity index (χ0v) is 14.4. The van der Waals surface area contributed by atoms with Crippen molar-refractivity contribution >= 4 is 23.3 Å². The fourth-order valence-electron chi connectivity index (χ4n) is 2.45. The predicted octanol–water partition coefficient (Wildman–Crippen LogP) is 3.00. The average molecular weight is 333 g/mol. The molecule has 2 aromatic heterocycles. The summed E-state index contributed by atoms with van der Waals surface area (Å²) in [7, 11) is 0. The predicted molar refractivity (Wildman–Crippen MR) is 86.0 cm³/mol. The number of amides is 3. The van der Waals surface area contributed by atoms with E-state index in [0.717, 1.165) is 16.2 Å². The molecule has 1 aliphatic heterocycles. The molecule has 0 saturated carbocycles. The van der Waals surface area contributed by atoms with Crippen LogP contribution in [-0.2, 0) is 22.3 Å². The SMILES string of the molecule is CC(C)(C)c1cnc(CN2C(=O)N[C@@](C)(c3ccsc3)C2=O)o1. The fourth-order valence-corrected chi connectivity index (χ4v) is 3.22. The number of hydrogen-bond acceptors (Lipinski definition) is 5. The Labute approximate surface area is 138 Å². The minimum Gasteiger partial charge on any atom is -0.443 e. The molecule has 23 heavy (non-hydrogen) atoms. The van der Waals surface area contributed by atoms with Crippen LogP contribution < -0.4 is 5.32 Å². The number of nitrogens with one attached hydrogen (secondary N) is 1. The molecule has 1 saturated heterocycles.